The lowest BCUT2D eigenvalue weighted by Crippen LogP contribution is -2.39. The van der Waals surface area contributed by atoms with Crippen molar-refractivity contribution in [3.8, 4) is 5.75 Å². The molecule has 0 unspecified atom stereocenters. The minimum absolute atomic E-state index is 0.106. The molecular formula is C22H30N4O2. The molecule has 0 radical (unpaired) electrons. The van der Waals surface area contributed by atoms with Crippen molar-refractivity contribution >= 4 is 22.6 Å². The van der Waals surface area contributed by atoms with Gasteiger partial charge in [-0.25, -0.2) is 4.99 Å². The molecule has 0 bridgehead atoms. The Kier molecular flexibility index (Phi) is 7.53. The van der Waals surface area contributed by atoms with Gasteiger partial charge in [0.25, 0.3) is 0 Å². The Balaban J connectivity index is 1.39. The Morgan fingerprint density at radius 1 is 1.11 bits per heavy atom. The lowest BCUT2D eigenvalue weighted by atomic mass is 10.1. The zero-order chi connectivity index (χ0) is 19.6. The van der Waals surface area contributed by atoms with Gasteiger partial charge in [0.05, 0.1) is 6.61 Å². The predicted octanol–water partition coefficient (Wildman–Crippen LogP) is 2.79. The molecule has 6 nitrogen and oxygen atoms in total. The third kappa shape index (κ3) is 5.87. The van der Waals surface area contributed by atoms with Crippen molar-refractivity contribution < 1.29 is 9.53 Å². The molecule has 0 aliphatic carbocycles. The fourth-order valence-electron chi connectivity index (χ4n) is 3.28. The molecule has 1 fully saturated rings. The van der Waals surface area contributed by atoms with Gasteiger partial charge in [-0.2, -0.15) is 0 Å². The van der Waals surface area contributed by atoms with Crippen LogP contribution < -0.4 is 15.4 Å². The average Bonchev–Trinajstić information content (AvgIpc) is 3.26. The van der Waals surface area contributed by atoms with E-state index in [0.717, 1.165) is 51.2 Å². The van der Waals surface area contributed by atoms with Crippen LogP contribution in [-0.2, 0) is 4.79 Å². The SMILES string of the molecule is CCNC(=NCC(=O)N1CCCC1)NCCCOc1ccc2ccccc2c1. The van der Waals surface area contributed by atoms with Crippen LogP contribution in [0.2, 0.25) is 0 Å². The van der Waals surface area contributed by atoms with Gasteiger partial charge in [0, 0.05) is 26.2 Å². The summed E-state index contributed by atoms with van der Waals surface area (Å²) in [6.07, 6.45) is 3.05. The average molecular weight is 383 g/mol. The van der Waals surface area contributed by atoms with Gasteiger partial charge in [0.1, 0.15) is 12.3 Å². The predicted molar refractivity (Wildman–Crippen MR) is 114 cm³/mol. The van der Waals surface area contributed by atoms with E-state index in [9.17, 15) is 4.79 Å². The largest absolute Gasteiger partial charge is 0.494 e. The molecule has 2 N–H and O–H groups in total. The van der Waals surface area contributed by atoms with E-state index in [1.165, 1.54) is 10.8 Å². The zero-order valence-electron chi connectivity index (χ0n) is 16.6. The summed E-state index contributed by atoms with van der Waals surface area (Å²) in [7, 11) is 0. The summed E-state index contributed by atoms with van der Waals surface area (Å²) in [5, 5.41) is 8.85. The molecule has 1 aliphatic rings. The van der Waals surface area contributed by atoms with E-state index in [2.05, 4.69) is 39.9 Å². The van der Waals surface area contributed by atoms with Gasteiger partial charge in [-0.15, -0.1) is 0 Å². The molecule has 1 aliphatic heterocycles. The lowest BCUT2D eigenvalue weighted by molar-refractivity contribution is -0.128. The number of amides is 1. The molecule has 150 valence electrons. The topological polar surface area (TPSA) is 66.0 Å². The van der Waals surface area contributed by atoms with Gasteiger partial charge in [-0.3, -0.25) is 4.79 Å². The van der Waals surface area contributed by atoms with Crippen LogP contribution in [0.15, 0.2) is 47.5 Å². The number of carbonyl (C=O) groups is 1. The van der Waals surface area contributed by atoms with E-state index in [1.54, 1.807) is 0 Å². The van der Waals surface area contributed by atoms with E-state index in [1.807, 2.05) is 30.0 Å². The molecule has 1 saturated heterocycles. The second kappa shape index (κ2) is 10.5. The van der Waals surface area contributed by atoms with Gasteiger partial charge in [-0.1, -0.05) is 30.3 Å². The van der Waals surface area contributed by atoms with E-state index < -0.39 is 0 Å². The Bertz CT molecular complexity index is 800. The van der Waals surface area contributed by atoms with Gasteiger partial charge in [-0.05, 0) is 49.1 Å². The van der Waals surface area contributed by atoms with Crippen molar-refractivity contribution in [2.24, 2.45) is 4.99 Å². The molecule has 2 aromatic carbocycles. The summed E-state index contributed by atoms with van der Waals surface area (Å²) in [5.41, 5.74) is 0. The van der Waals surface area contributed by atoms with Crippen molar-refractivity contribution in [3.63, 3.8) is 0 Å². The van der Waals surface area contributed by atoms with Crippen LogP contribution in [0.1, 0.15) is 26.2 Å². The van der Waals surface area contributed by atoms with Crippen LogP contribution >= 0.6 is 0 Å². The fraction of sp³-hybridized carbons (Fsp3) is 0.455. The van der Waals surface area contributed by atoms with Crippen molar-refractivity contribution in [1.82, 2.24) is 15.5 Å². The molecule has 3 rings (SSSR count). The van der Waals surface area contributed by atoms with Crippen molar-refractivity contribution in [2.75, 3.05) is 39.3 Å². The minimum Gasteiger partial charge on any atom is -0.494 e. The number of benzene rings is 2. The van der Waals surface area contributed by atoms with E-state index >= 15 is 0 Å². The van der Waals surface area contributed by atoms with E-state index in [4.69, 9.17) is 4.74 Å². The number of aliphatic imine (C=N–C) groups is 1. The smallest absolute Gasteiger partial charge is 0.244 e. The Morgan fingerprint density at radius 3 is 2.68 bits per heavy atom. The molecule has 0 atom stereocenters. The highest BCUT2D eigenvalue weighted by Crippen LogP contribution is 2.20. The maximum absolute atomic E-state index is 12.1. The Morgan fingerprint density at radius 2 is 1.89 bits per heavy atom. The Hall–Kier alpha value is -2.76. The number of carbonyl (C=O) groups excluding carboxylic acids is 1. The van der Waals surface area contributed by atoms with Crippen LogP contribution in [0.4, 0.5) is 0 Å². The van der Waals surface area contributed by atoms with Crippen LogP contribution in [0.3, 0.4) is 0 Å². The first-order valence-corrected chi connectivity index (χ1v) is 10.2. The number of hydrogen-bond donors (Lipinski definition) is 2. The Labute approximate surface area is 167 Å². The maximum Gasteiger partial charge on any atom is 0.244 e. The fourth-order valence-corrected chi connectivity index (χ4v) is 3.28. The second-order valence-electron chi connectivity index (χ2n) is 6.92. The third-order valence-corrected chi connectivity index (χ3v) is 4.78. The van der Waals surface area contributed by atoms with Gasteiger partial charge < -0.3 is 20.3 Å². The standard InChI is InChI=1S/C22H30N4O2/c1-2-23-22(25-17-21(27)26-13-5-6-14-26)24-12-7-15-28-20-11-10-18-8-3-4-9-19(18)16-20/h3-4,8-11,16H,2,5-7,12-15,17H2,1H3,(H2,23,24,25). The first-order chi connectivity index (χ1) is 13.8. The highest BCUT2D eigenvalue weighted by molar-refractivity contribution is 5.85. The third-order valence-electron chi connectivity index (χ3n) is 4.78. The normalized spacial score (nSPS) is 14.3. The summed E-state index contributed by atoms with van der Waals surface area (Å²) < 4.78 is 5.86. The summed E-state index contributed by atoms with van der Waals surface area (Å²) in [5.74, 6) is 1.67. The summed E-state index contributed by atoms with van der Waals surface area (Å²) in [4.78, 5) is 18.4. The highest BCUT2D eigenvalue weighted by Gasteiger charge is 2.17. The van der Waals surface area contributed by atoms with Crippen LogP contribution in [0.5, 0.6) is 5.75 Å². The highest BCUT2D eigenvalue weighted by atomic mass is 16.5. The van der Waals surface area contributed by atoms with Gasteiger partial charge in [0.15, 0.2) is 5.96 Å². The van der Waals surface area contributed by atoms with Crippen molar-refractivity contribution in [1.29, 1.82) is 0 Å². The minimum atomic E-state index is 0.106. The summed E-state index contributed by atoms with van der Waals surface area (Å²) in [6.45, 7) is 6.06. The summed E-state index contributed by atoms with van der Waals surface area (Å²) in [6, 6.07) is 14.4. The van der Waals surface area contributed by atoms with Gasteiger partial charge >= 0.3 is 0 Å². The van der Waals surface area contributed by atoms with Crippen molar-refractivity contribution in [2.45, 2.75) is 26.2 Å². The molecule has 1 heterocycles. The van der Waals surface area contributed by atoms with Crippen LogP contribution in [-0.4, -0.2) is 56.1 Å². The number of hydrogen-bond acceptors (Lipinski definition) is 3. The molecule has 6 heteroatoms. The number of nitrogens with one attached hydrogen (secondary N) is 2. The number of fused-ring (bicyclic) bond motifs is 1. The number of nitrogens with zero attached hydrogens (tertiary/aromatic N) is 2. The van der Waals surface area contributed by atoms with E-state index in [0.29, 0.717) is 12.6 Å². The lowest BCUT2D eigenvalue weighted by Gasteiger charge is -2.15. The first-order valence-electron chi connectivity index (χ1n) is 10.2. The molecule has 0 aromatic heterocycles. The molecular weight excluding hydrogens is 352 g/mol. The maximum atomic E-state index is 12.1. The first kappa shape index (κ1) is 20.0. The summed E-state index contributed by atoms with van der Waals surface area (Å²) >= 11 is 0. The molecule has 0 saturated carbocycles. The van der Waals surface area contributed by atoms with Gasteiger partial charge in [0.2, 0.25) is 5.91 Å². The molecule has 1 amide bonds. The van der Waals surface area contributed by atoms with Crippen LogP contribution in [0, 0.1) is 0 Å². The van der Waals surface area contributed by atoms with Crippen molar-refractivity contribution in [3.05, 3.63) is 42.5 Å². The second-order valence-corrected chi connectivity index (χ2v) is 6.92. The number of rotatable bonds is 8. The number of guanidine groups is 1. The quantitative estimate of drug-likeness (QED) is 0.419. The number of ether oxygens (including phenoxy) is 1. The van der Waals surface area contributed by atoms with Crippen LogP contribution in [0.25, 0.3) is 10.8 Å². The molecule has 2 aromatic rings. The molecule has 0 spiro atoms. The monoisotopic (exact) mass is 382 g/mol. The zero-order valence-corrected chi connectivity index (χ0v) is 16.6. The molecule has 28 heavy (non-hydrogen) atoms. The number of likely N-dealkylation sites (tertiary alicyclic amines) is 1. The van der Waals surface area contributed by atoms with E-state index in [-0.39, 0.29) is 12.5 Å².